The quantitative estimate of drug-likeness (QED) is 0.569. The number of nitrogens with one attached hydrogen (secondary N) is 2. The van der Waals surface area contributed by atoms with E-state index in [1.165, 1.54) is 11.3 Å². The number of nitrogen functional groups attached to an aromatic ring is 1. The maximum absolute atomic E-state index is 12.3. The zero-order valence-corrected chi connectivity index (χ0v) is 15.9. The number of carbonyl (C=O) groups excluding carboxylic acids is 1. The maximum atomic E-state index is 12.3. The van der Waals surface area contributed by atoms with E-state index in [1.807, 2.05) is 35.7 Å². The van der Waals surface area contributed by atoms with Crippen LogP contribution >= 0.6 is 11.3 Å². The fourth-order valence-corrected chi connectivity index (χ4v) is 3.20. The molecule has 1 heterocycles. The van der Waals surface area contributed by atoms with Crippen molar-refractivity contribution in [3.8, 4) is 11.5 Å². The molecule has 0 saturated heterocycles. The van der Waals surface area contributed by atoms with Crippen molar-refractivity contribution in [2.45, 2.75) is 6.54 Å². The van der Waals surface area contributed by atoms with E-state index in [0.29, 0.717) is 35.0 Å². The molecule has 3 aromatic rings. The van der Waals surface area contributed by atoms with Crippen molar-refractivity contribution in [2.75, 3.05) is 30.6 Å². The van der Waals surface area contributed by atoms with Crippen LogP contribution in [0.4, 0.5) is 17.1 Å². The van der Waals surface area contributed by atoms with Crippen LogP contribution in [0.25, 0.3) is 0 Å². The van der Waals surface area contributed by atoms with E-state index in [1.54, 1.807) is 31.7 Å². The summed E-state index contributed by atoms with van der Waals surface area (Å²) < 4.78 is 10.5. The minimum Gasteiger partial charge on any atom is -0.493 e. The Balaban J connectivity index is 1.61. The molecule has 0 aliphatic heterocycles. The molecule has 0 atom stereocenters. The molecule has 3 rings (SSSR count). The summed E-state index contributed by atoms with van der Waals surface area (Å²) in [6.07, 6.45) is 0. The number of anilines is 3. The van der Waals surface area contributed by atoms with Gasteiger partial charge in [0.05, 0.1) is 25.6 Å². The summed E-state index contributed by atoms with van der Waals surface area (Å²) in [5.74, 6) is 1.17. The van der Waals surface area contributed by atoms with E-state index >= 15 is 0 Å². The molecular weight excluding hydrogens is 362 g/mol. The number of ether oxygens (including phenoxy) is 2. The monoisotopic (exact) mass is 383 g/mol. The SMILES string of the molecule is COc1ccc(NCc2ccc(C(=O)Nc3cscc3N)cc2)cc1OC. The van der Waals surface area contributed by atoms with Crippen molar-refractivity contribution < 1.29 is 14.3 Å². The standard InChI is InChI=1S/C20H21N3O3S/c1-25-18-8-7-15(9-19(18)26-2)22-10-13-3-5-14(6-4-13)20(24)23-17-12-27-11-16(17)21/h3-9,11-12,22H,10,21H2,1-2H3,(H,23,24). The van der Waals surface area contributed by atoms with Crippen molar-refractivity contribution in [3.63, 3.8) is 0 Å². The Morgan fingerprint density at radius 3 is 2.41 bits per heavy atom. The Kier molecular flexibility index (Phi) is 5.83. The first-order valence-corrected chi connectivity index (χ1v) is 9.23. The highest BCUT2D eigenvalue weighted by atomic mass is 32.1. The Morgan fingerprint density at radius 2 is 1.78 bits per heavy atom. The maximum Gasteiger partial charge on any atom is 0.255 e. The second kappa shape index (κ2) is 8.46. The predicted molar refractivity (Wildman–Crippen MR) is 110 cm³/mol. The van der Waals surface area contributed by atoms with Gasteiger partial charge in [-0.3, -0.25) is 4.79 Å². The molecule has 140 valence electrons. The van der Waals surface area contributed by atoms with Gasteiger partial charge >= 0.3 is 0 Å². The third kappa shape index (κ3) is 4.51. The Bertz CT molecular complexity index is 922. The second-order valence-electron chi connectivity index (χ2n) is 5.82. The van der Waals surface area contributed by atoms with Crippen LogP contribution in [0, 0.1) is 0 Å². The average Bonchev–Trinajstić information content (AvgIpc) is 3.10. The van der Waals surface area contributed by atoms with Gasteiger partial charge < -0.3 is 25.8 Å². The highest BCUT2D eigenvalue weighted by Gasteiger charge is 2.09. The number of benzene rings is 2. The minimum absolute atomic E-state index is 0.181. The number of hydrogen-bond acceptors (Lipinski definition) is 6. The topological polar surface area (TPSA) is 85.6 Å². The first kappa shape index (κ1) is 18.6. The van der Waals surface area contributed by atoms with Crippen LogP contribution in [0.2, 0.25) is 0 Å². The van der Waals surface area contributed by atoms with Crippen LogP contribution in [0.5, 0.6) is 11.5 Å². The van der Waals surface area contributed by atoms with E-state index in [-0.39, 0.29) is 5.91 Å². The van der Waals surface area contributed by atoms with Gasteiger partial charge in [0, 0.05) is 34.6 Å². The summed E-state index contributed by atoms with van der Waals surface area (Å²) in [4.78, 5) is 12.3. The third-order valence-corrected chi connectivity index (χ3v) is 4.80. The molecule has 0 saturated carbocycles. The summed E-state index contributed by atoms with van der Waals surface area (Å²) in [6, 6.07) is 13.1. The van der Waals surface area contributed by atoms with Crippen molar-refractivity contribution >= 4 is 34.3 Å². The van der Waals surface area contributed by atoms with Gasteiger partial charge in [0.2, 0.25) is 0 Å². The molecule has 27 heavy (non-hydrogen) atoms. The summed E-state index contributed by atoms with van der Waals surface area (Å²) in [7, 11) is 3.21. The van der Waals surface area contributed by atoms with E-state index < -0.39 is 0 Å². The minimum atomic E-state index is -0.181. The first-order valence-electron chi connectivity index (χ1n) is 8.28. The highest BCUT2D eigenvalue weighted by Crippen LogP contribution is 2.30. The molecule has 6 nitrogen and oxygen atoms in total. The predicted octanol–water partition coefficient (Wildman–Crippen LogP) is 4.21. The molecule has 0 aliphatic carbocycles. The normalized spacial score (nSPS) is 10.3. The molecule has 0 fully saturated rings. The number of amides is 1. The van der Waals surface area contributed by atoms with Gasteiger partial charge in [-0.15, -0.1) is 11.3 Å². The summed E-state index contributed by atoms with van der Waals surface area (Å²) in [6.45, 7) is 0.620. The zero-order valence-electron chi connectivity index (χ0n) is 15.1. The third-order valence-electron chi connectivity index (χ3n) is 4.04. The number of carbonyl (C=O) groups is 1. The van der Waals surface area contributed by atoms with Crippen molar-refractivity contribution in [2.24, 2.45) is 0 Å². The van der Waals surface area contributed by atoms with Crippen LogP contribution in [0.3, 0.4) is 0 Å². The molecular formula is C20H21N3O3S. The fourth-order valence-electron chi connectivity index (χ4n) is 2.53. The highest BCUT2D eigenvalue weighted by molar-refractivity contribution is 7.09. The van der Waals surface area contributed by atoms with E-state index in [9.17, 15) is 4.79 Å². The van der Waals surface area contributed by atoms with Gasteiger partial charge in [-0.25, -0.2) is 0 Å². The molecule has 0 radical (unpaired) electrons. The van der Waals surface area contributed by atoms with E-state index in [2.05, 4.69) is 10.6 Å². The molecule has 0 bridgehead atoms. The summed E-state index contributed by atoms with van der Waals surface area (Å²) in [5, 5.41) is 9.74. The van der Waals surface area contributed by atoms with Gasteiger partial charge in [-0.05, 0) is 29.8 Å². The van der Waals surface area contributed by atoms with Gasteiger partial charge in [0.1, 0.15) is 0 Å². The lowest BCUT2D eigenvalue weighted by molar-refractivity contribution is 0.102. The molecule has 7 heteroatoms. The number of thiophene rings is 1. The lowest BCUT2D eigenvalue weighted by Crippen LogP contribution is -2.12. The smallest absolute Gasteiger partial charge is 0.255 e. The summed E-state index contributed by atoms with van der Waals surface area (Å²) in [5.41, 5.74) is 9.56. The Morgan fingerprint density at radius 1 is 1.04 bits per heavy atom. The van der Waals surface area contributed by atoms with Crippen LogP contribution in [-0.4, -0.2) is 20.1 Å². The number of hydrogen-bond donors (Lipinski definition) is 3. The van der Waals surface area contributed by atoms with Gasteiger partial charge in [-0.2, -0.15) is 0 Å². The molecule has 0 aliphatic rings. The lowest BCUT2D eigenvalue weighted by atomic mass is 10.1. The lowest BCUT2D eigenvalue weighted by Gasteiger charge is -2.11. The molecule has 0 unspecified atom stereocenters. The van der Waals surface area contributed by atoms with Crippen molar-refractivity contribution in [1.29, 1.82) is 0 Å². The Hall–Kier alpha value is -3.19. The second-order valence-corrected chi connectivity index (χ2v) is 6.56. The van der Waals surface area contributed by atoms with E-state index in [4.69, 9.17) is 15.2 Å². The number of nitrogens with two attached hydrogens (primary N) is 1. The van der Waals surface area contributed by atoms with Gasteiger partial charge in [0.25, 0.3) is 5.91 Å². The molecule has 4 N–H and O–H groups in total. The van der Waals surface area contributed by atoms with Crippen LogP contribution in [0.15, 0.2) is 53.2 Å². The number of methoxy groups -OCH3 is 2. The van der Waals surface area contributed by atoms with Crippen LogP contribution in [-0.2, 0) is 6.54 Å². The summed E-state index contributed by atoms with van der Waals surface area (Å²) >= 11 is 1.45. The molecule has 1 amide bonds. The molecule has 2 aromatic carbocycles. The van der Waals surface area contributed by atoms with Crippen molar-refractivity contribution in [3.05, 3.63) is 64.4 Å². The van der Waals surface area contributed by atoms with E-state index in [0.717, 1.165) is 11.3 Å². The average molecular weight is 383 g/mol. The largest absolute Gasteiger partial charge is 0.493 e. The number of rotatable bonds is 7. The Labute approximate surface area is 161 Å². The van der Waals surface area contributed by atoms with Gasteiger partial charge in [0.15, 0.2) is 11.5 Å². The van der Waals surface area contributed by atoms with Gasteiger partial charge in [-0.1, -0.05) is 12.1 Å². The van der Waals surface area contributed by atoms with Crippen LogP contribution < -0.4 is 25.8 Å². The molecule has 1 aromatic heterocycles. The molecule has 0 spiro atoms. The van der Waals surface area contributed by atoms with Crippen molar-refractivity contribution in [1.82, 2.24) is 0 Å². The zero-order chi connectivity index (χ0) is 19.2. The first-order chi connectivity index (χ1) is 13.1. The fraction of sp³-hybridized carbons (Fsp3) is 0.150. The van der Waals surface area contributed by atoms with Crippen LogP contribution in [0.1, 0.15) is 15.9 Å².